The number of pyridine rings is 1. The van der Waals surface area contributed by atoms with Gasteiger partial charge in [-0.05, 0) is 30.3 Å². The number of anilines is 2. The first-order chi connectivity index (χ1) is 15.4. The lowest BCUT2D eigenvalue weighted by Gasteiger charge is -2.15. The number of carbonyl (C=O) groups is 1. The van der Waals surface area contributed by atoms with Gasteiger partial charge in [0.05, 0.1) is 23.8 Å². The fourth-order valence-corrected chi connectivity index (χ4v) is 4.02. The van der Waals surface area contributed by atoms with Gasteiger partial charge < -0.3 is 34.5 Å². The van der Waals surface area contributed by atoms with Crippen LogP contribution in [0.1, 0.15) is 10.4 Å². The van der Waals surface area contributed by atoms with E-state index in [0.29, 0.717) is 16.7 Å². The first-order valence-electron chi connectivity index (χ1n) is 10.1. The average molecular weight is 460 g/mol. The number of rotatable bonds is 5. The minimum Gasteiger partial charge on any atom is -0.456 e. The van der Waals surface area contributed by atoms with E-state index >= 15 is 0 Å². The molecule has 11 heteroatoms. The van der Waals surface area contributed by atoms with Crippen molar-refractivity contribution in [3.63, 3.8) is 0 Å². The van der Waals surface area contributed by atoms with Crippen LogP contribution in [0, 0.1) is 0 Å². The minimum absolute atomic E-state index is 0.199. The van der Waals surface area contributed by atoms with Crippen LogP contribution in [0.15, 0.2) is 30.3 Å². The summed E-state index contributed by atoms with van der Waals surface area (Å²) in [7, 11) is 3.86. The number of aliphatic hydroxyl groups is 1. The number of nitrogens with zero attached hydrogens (tertiary/aromatic N) is 3. The van der Waals surface area contributed by atoms with Crippen LogP contribution in [0.5, 0.6) is 6.01 Å². The molecular weight excluding hydrogens is 438 g/mol. The van der Waals surface area contributed by atoms with Crippen molar-refractivity contribution in [1.29, 1.82) is 0 Å². The standard InChI is InChI=1S/C21H22ClN5O5/c1-27(2)11-5-3-10(4-6-11)20(29)25-18-12(22)7-13-19(24-18)26-21(23-13)32-15-9-31-16-14(28)8-30-17(15)16/h3-7,14-17,28H,8-9H2,1-2H3,(H2,23,24,25,26,29)/t14-,15-,16-,17?/m1/s1. The topological polar surface area (TPSA) is 122 Å². The van der Waals surface area contributed by atoms with E-state index in [1.54, 1.807) is 18.2 Å². The van der Waals surface area contributed by atoms with Crippen molar-refractivity contribution in [3.8, 4) is 6.01 Å². The van der Waals surface area contributed by atoms with Gasteiger partial charge in [0.25, 0.3) is 11.9 Å². The Labute approximate surface area is 188 Å². The third-order valence-electron chi connectivity index (χ3n) is 5.53. The minimum atomic E-state index is -0.657. The molecule has 2 aromatic heterocycles. The molecule has 0 spiro atoms. The Morgan fingerprint density at radius 2 is 1.97 bits per heavy atom. The van der Waals surface area contributed by atoms with Crippen LogP contribution in [0.4, 0.5) is 11.5 Å². The molecule has 0 aliphatic carbocycles. The molecule has 0 radical (unpaired) electrons. The summed E-state index contributed by atoms with van der Waals surface area (Å²) in [6, 6.07) is 9.03. The monoisotopic (exact) mass is 459 g/mol. The third kappa shape index (κ3) is 3.86. The highest BCUT2D eigenvalue weighted by Gasteiger charge is 2.48. The molecule has 3 N–H and O–H groups in total. The Kier molecular flexibility index (Phi) is 5.38. The number of H-pyrrole nitrogens is 1. The van der Waals surface area contributed by atoms with Gasteiger partial charge in [0, 0.05) is 25.3 Å². The molecule has 168 valence electrons. The Hall–Kier alpha value is -2.92. The van der Waals surface area contributed by atoms with Gasteiger partial charge in [0.1, 0.15) is 18.3 Å². The largest absolute Gasteiger partial charge is 0.456 e. The molecule has 32 heavy (non-hydrogen) atoms. The number of aromatic nitrogens is 3. The average Bonchev–Trinajstić information content (AvgIpc) is 3.45. The summed E-state index contributed by atoms with van der Waals surface area (Å²) in [6.07, 6.45) is -1.82. The maximum Gasteiger partial charge on any atom is 0.296 e. The quantitative estimate of drug-likeness (QED) is 0.528. The van der Waals surface area contributed by atoms with E-state index in [2.05, 4.69) is 20.3 Å². The highest BCUT2D eigenvalue weighted by atomic mass is 35.5. The molecule has 4 atom stereocenters. The van der Waals surface area contributed by atoms with E-state index in [9.17, 15) is 9.90 Å². The molecule has 1 unspecified atom stereocenters. The number of hydrogen-bond donors (Lipinski definition) is 3. The number of benzene rings is 1. The zero-order valence-electron chi connectivity index (χ0n) is 17.4. The van der Waals surface area contributed by atoms with Crippen molar-refractivity contribution >= 4 is 40.2 Å². The molecule has 1 amide bonds. The highest BCUT2D eigenvalue weighted by molar-refractivity contribution is 6.34. The van der Waals surface area contributed by atoms with Crippen LogP contribution >= 0.6 is 11.6 Å². The molecule has 10 nitrogen and oxygen atoms in total. The first-order valence-corrected chi connectivity index (χ1v) is 10.5. The smallest absolute Gasteiger partial charge is 0.296 e. The first kappa shape index (κ1) is 21.0. The summed E-state index contributed by atoms with van der Waals surface area (Å²) in [5.41, 5.74) is 2.36. The Balaban J connectivity index is 1.32. The van der Waals surface area contributed by atoms with E-state index in [4.69, 9.17) is 25.8 Å². The SMILES string of the molecule is CN(C)c1ccc(C(=O)Nc2nc3nc(O[C@@H]4CO[C@H]5C4OC[C@H]5O)[nH]c3cc2Cl)cc1. The molecule has 2 aliphatic heterocycles. The predicted molar refractivity (Wildman–Crippen MR) is 118 cm³/mol. The van der Waals surface area contributed by atoms with Gasteiger partial charge >= 0.3 is 0 Å². The van der Waals surface area contributed by atoms with Gasteiger partial charge in [-0.3, -0.25) is 4.79 Å². The van der Waals surface area contributed by atoms with Gasteiger partial charge in [-0.15, -0.1) is 0 Å². The van der Waals surface area contributed by atoms with Crippen molar-refractivity contribution in [2.75, 3.05) is 37.5 Å². The van der Waals surface area contributed by atoms with E-state index in [-0.39, 0.29) is 42.1 Å². The van der Waals surface area contributed by atoms with Crippen molar-refractivity contribution in [3.05, 3.63) is 40.9 Å². The van der Waals surface area contributed by atoms with Crippen LogP contribution in [-0.4, -0.2) is 77.7 Å². The van der Waals surface area contributed by atoms with Crippen molar-refractivity contribution in [2.24, 2.45) is 0 Å². The number of imidazole rings is 1. The molecule has 2 saturated heterocycles. The summed E-state index contributed by atoms with van der Waals surface area (Å²) in [5, 5.41) is 12.8. The second-order valence-electron chi connectivity index (χ2n) is 7.95. The van der Waals surface area contributed by atoms with Crippen molar-refractivity contribution in [2.45, 2.75) is 24.4 Å². The van der Waals surface area contributed by atoms with Crippen LogP contribution in [0.3, 0.4) is 0 Å². The van der Waals surface area contributed by atoms with E-state index in [1.807, 2.05) is 31.1 Å². The van der Waals surface area contributed by atoms with Gasteiger partial charge in [0.15, 0.2) is 17.6 Å². The number of aliphatic hydroxyl groups excluding tert-OH is 1. The number of hydrogen-bond acceptors (Lipinski definition) is 8. The maximum atomic E-state index is 12.6. The van der Waals surface area contributed by atoms with Crippen LogP contribution in [0.2, 0.25) is 5.02 Å². The van der Waals surface area contributed by atoms with Crippen LogP contribution in [-0.2, 0) is 9.47 Å². The van der Waals surface area contributed by atoms with E-state index < -0.39 is 18.3 Å². The second-order valence-corrected chi connectivity index (χ2v) is 8.35. The van der Waals surface area contributed by atoms with Gasteiger partial charge in [0.2, 0.25) is 0 Å². The highest BCUT2D eigenvalue weighted by Crippen LogP contribution is 2.31. The summed E-state index contributed by atoms with van der Waals surface area (Å²) < 4.78 is 17.0. The molecule has 1 aromatic carbocycles. The lowest BCUT2D eigenvalue weighted by Crippen LogP contribution is -2.34. The summed E-state index contributed by atoms with van der Waals surface area (Å²) in [6.45, 7) is 0.499. The molecule has 5 rings (SSSR count). The summed E-state index contributed by atoms with van der Waals surface area (Å²) in [5.74, 6) is -0.132. The molecule has 4 heterocycles. The lowest BCUT2D eigenvalue weighted by molar-refractivity contribution is 0.00706. The number of amides is 1. The normalized spacial score (nSPS) is 24.5. The molecular formula is C21H22ClN5O5. The predicted octanol–water partition coefficient (Wildman–Crippen LogP) is 1.84. The summed E-state index contributed by atoms with van der Waals surface area (Å²) in [4.78, 5) is 26.3. The van der Waals surface area contributed by atoms with Crippen molar-refractivity contribution < 1.29 is 24.1 Å². The number of halogens is 1. The molecule has 2 aliphatic rings. The van der Waals surface area contributed by atoms with E-state index in [0.717, 1.165) is 5.69 Å². The Bertz CT molecular complexity index is 1150. The molecule has 0 saturated carbocycles. The van der Waals surface area contributed by atoms with Gasteiger partial charge in [-0.2, -0.15) is 4.98 Å². The second kappa shape index (κ2) is 8.21. The molecule has 0 bridgehead atoms. The fourth-order valence-electron chi connectivity index (χ4n) is 3.82. The Morgan fingerprint density at radius 1 is 1.22 bits per heavy atom. The van der Waals surface area contributed by atoms with Gasteiger partial charge in [-0.25, -0.2) is 4.98 Å². The number of aromatic amines is 1. The van der Waals surface area contributed by atoms with E-state index in [1.165, 1.54) is 0 Å². The zero-order chi connectivity index (χ0) is 22.4. The number of ether oxygens (including phenoxy) is 3. The maximum absolute atomic E-state index is 12.6. The molecule has 2 fully saturated rings. The van der Waals surface area contributed by atoms with Crippen LogP contribution < -0.4 is 15.0 Å². The zero-order valence-corrected chi connectivity index (χ0v) is 18.2. The van der Waals surface area contributed by atoms with Crippen molar-refractivity contribution in [1.82, 2.24) is 15.0 Å². The van der Waals surface area contributed by atoms with Gasteiger partial charge in [-0.1, -0.05) is 11.6 Å². The number of nitrogens with one attached hydrogen (secondary N) is 2. The Morgan fingerprint density at radius 3 is 2.72 bits per heavy atom. The summed E-state index contributed by atoms with van der Waals surface area (Å²) >= 11 is 6.33. The van der Waals surface area contributed by atoms with Crippen LogP contribution in [0.25, 0.3) is 11.2 Å². The fraction of sp³-hybridized carbons (Fsp3) is 0.381. The number of fused-ring (bicyclic) bond motifs is 2. The number of carbonyl (C=O) groups excluding carboxylic acids is 1. The molecule has 3 aromatic rings. The lowest BCUT2D eigenvalue weighted by atomic mass is 10.1. The third-order valence-corrected chi connectivity index (χ3v) is 5.82.